The average Bonchev–Trinajstić information content (AvgIpc) is 2.40. The summed E-state index contributed by atoms with van der Waals surface area (Å²) in [4.78, 5) is 36.3. The van der Waals surface area contributed by atoms with Crippen molar-refractivity contribution in [3.05, 3.63) is 11.0 Å². The molecule has 0 aromatic rings. The van der Waals surface area contributed by atoms with Crippen LogP contribution in [0.25, 0.3) is 0 Å². The lowest BCUT2D eigenvalue weighted by molar-refractivity contribution is -0.145. The van der Waals surface area contributed by atoms with Gasteiger partial charge in [0.15, 0.2) is 0 Å². The summed E-state index contributed by atoms with van der Waals surface area (Å²) in [6.07, 6.45) is -0.596. The van der Waals surface area contributed by atoms with Crippen molar-refractivity contribution in [2.24, 2.45) is 0 Å². The first-order valence-corrected chi connectivity index (χ1v) is 7.88. The lowest BCUT2D eigenvalue weighted by atomic mass is 10.1. The summed E-state index contributed by atoms with van der Waals surface area (Å²) in [5, 5.41) is 4.34. The third-order valence-electron chi connectivity index (χ3n) is 3.02. The van der Waals surface area contributed by atoms with E-state index in [-0.39, 0.29) is 23.9 Å². The van der Waals surface area contributed by atoms with Crippen LogP contribution in [0.15, 0.2) is 11.0 Å². The monoisotopic (exact) mass is 328 g/mol. The van der Waals surface area contributed by atoms with E-state index >= 15 is 0 Å². The number of carbonyl (C=O) groups is 3. The number of fused-ring (bicyclic) bond motifs is 1. The van der Waals surface area contributed by atoms with Gasteiger partial charge in [0.25, 0.3) is 0 Å². The van der Waals surface area contributed by atoms with Gasteiger partial charge >= 0.3 is 12.1 Å². The molecular weight excluding hydrogens is 308 g/mol. The van der Waals surface area contributed by atoms with Crippen molar-refractivity contribution in [2.75, 3.05) is 13.2 Å². The topological polar surface area (TPSA) is 84.9 Å². The first-order valence-electron chi connectivity index (χ1n) is 6.94. The van der Waals surface area contributed by atoms with Crippen LogP contribution in [0.3, 0.4) is 0 Å². The Morgan fingerprint density at radius 3 is 2.73 bits per heavy atom. The highest BCUT2D eigenvalue weighted by Gasteiger charge is 2.50. The van der Waals surface area contributed by atoms with Gasteiger partial charge in [-0.1, -0.05) is 0 Å². The number of ether oxygens (including phenoxy) is 2. The van der Waals surface area contributed by atoms with E-state index in [4.69, 9.17) is 9.47 Å². The molecule has 0 aromatic heterocycles. The van der Waals surface area contributed by atoms with Crippen LogP contribution in [-0.2, 0) is 19.1 Å². The molecule has 0 bridgehead atoms. The Hall–Kier alpha value is -1.70. The molecule has 2 amide bonds. The van der Waals surface area contributed by atoms with Gasteiger partial charge in [-0.15, -0.1) is 11.8 Å². The molecule has 1 saturated heterocycles. The lowest BCUT2D eigenvalue weighted by Gasteiger charge is -2.48. The Kier molecular flexibility index (Phi) is 4.69. The van der Waals surface area contributed by atoms with Crippen LogP contribution in [-0.4, -0.2) is 53.0 Å². The number of carbonyl (C=O) groups excluding carboxylic acids is 3. The SMILES string of the molecule is CC(=O)OCC1=CSC2C(NC(=O)OC(C)(C)C)C(=O)N2C1. The average molecular weight is 328 g/mol. The summed E-state index contributed by atoms with van der Waals surface area (Å²) in [7, 11) is 0. The fraction of sp³-hybridized carbons (Fsp3) is 0.643. The molecule has 2 aliphatic heterocycles. The number of amides is 2. The molecule has 2 unspecified atom stereocenters. The van der Waals surface area contributed by atoms with Gasteiger partial charge in [-0.05, 0) is 31.8 Å². The predicted molar refractivity (Wildman–Crippen MR) is 81.0 cm³/mol. The van der Waals surface area contributed by atoms with E-state index in [1.54, 1.807) is 25.7 Å². The van der Waals surface area contributed by atoms with E-state index in [2.05, 4.69) is 5.32 Å². The van der Waals surface area contributed by atoms with Crippen molar-refractivity contribution in [3.63, 3.8) is 0 Å². The number of rotatable bonds is 3. The van der Waals surface area contributed by atoms with Crippen LogP contribution >= 0.6 is 11.8 Å². The number of thioether (sulfide) groups is 1. The third kappa shape index (κ3) is 3.94. The Labute approximate surface area is 133 Å². The number of hydrogen-bond donors (Lipinski definition) is 1. The van der Waals surface area contributed by atoms with Gasteiger partial charge in [0.2, 0.25) is 5.91 Å². The maximum Gasteiger partial charge on any atom is 0.408 e. The highest BCUT2D eigenvalue weighted by molar-refractivity contribution is 8.02. The van der Waals surface area contributed by atoms with Crippen molar-refractivity contribution in [2.45, 2.75) is 44.7 Å². The number of alkyl carbamates (subject to hydrolysis) is 1. The molecule has 0 radical (unpaired) electrons. The molecule has 0 saturated carbocycles. The molecule has 22 heavy (non-hydrogen) atoms. The Balaban J connectivity index is 1.88. The van der Waals surface area contributed by atoms with Gasteiger partial charge < -0.3 is 19.7 Å². The van der Waals surface area contributed by atoms with E-state index in [1.807, 2.05) is 5.41 Å². The molecular formula is C14H20N2O5S. The second kappa shape index (κ2) is 6.20. The van der Waals surface area contributed by atoms with Gasteiger partial charge in [-0.3, -0.25) is 9.59 Å². The second-order valence-corrected chi connectivity index (χ2v) is 7.16. The molecule has 0 aromatic carbocycles. The minimum absolute atomic E-state index is 0.138. The normalized spacial score (nSPS) is 23.9. The maximum atomic E-state index is 12.1. The largest absolute Gasteiger partial charge is 0.461 e. The highest BCUT2D eigenvalue weighted by atomic mass is 32.2. The molecule has 2 aliphatic rings. The molecule has 0 spiro atoms. The smallest absolute Gasteiger partial charge is 0.408 e. The minimum Gasteiger partial charge on any atom is -0.461 e. The fourth-order valence-electron chi connectivity index (χ4n) is 2.11. The molecule has 122 valence electrons. The van der Waals surface area contributed by atoms with Gasteiger partial charge in [-0.25, -0.2) is 4.79 Å². The minimum atomic E-state index is -0.604. The van der Waals surface area contributed by atoms with Crippen LogP contribution in [0, 0.1) is 0 Å². The standard InChI is InChI=1S/C14H20N2O5S/c1-8(17)20-6-9-5-16-11(18)10(12(16)22-7-9)15-13(19)21-14(2,3)4/h7,10,12H,5-6H2,1-4H3,(H,15,19). The zero-order chi connectivity index (χ0) is 16.5. The van der Waals surface area contributed by atoms with Crippen molar-refractivity contribution < 1.29 is 23.9 Å². The van der Waals surface area contributed by atoms with E-state index in [0.29, 0.717) is 6.54 Å². The second-order valence-electron chi connectivity index (χ2n) is 6.17. The molecule has 1 fully saturated rings. The summed E-state index contributed by atoms with van der Waals surface area (Å²) in [5.41, 5.74) is 0.258. The molecule has 2 rings (SSSR count). The van der Waals surface area contributed by atoms with Crippen molar-refractivity contribution >= 4 is 29.7 Å². The van der Waals surface area contributed by atoms with Gasteiger partial charge in [-0.2, -0.15) is 0 Å². The van der Waals surface area contributed by atoms with E-state index in [1.165, 1.54) is 18.7 Å². The van der Waals surface area contributed by atoms with E-state index in [0.717, 1.165) is 5.57 Å². The van der Waals surface area contributed by atoms with Gasteiger partial charge in [0, 0.05) is 13.5 Å². The third-order valence-corrected chi connectivity index (χ3v) is 4.30. The fourth-order valence-corrected chi connectivity index (χ4v) is 3.25. The summed E-state index contributed by atoms with van der Waals surface area (Å²) >= 11 is 1.43. The zero-order valence-electron chi connectivity index (χ0n) is 13.0. The van der Waals surface area contributed by atoms with Crippen LogP contribution < -0.4 is 5.32 Å². The number of esters is 1. The first kappa shape index (κ1) is 16.7. The number of nitrogens with zero attached hydrogens (tertiary/aromatic N) is 1. The quantitative estimate of drug-likeness (QED) is 0.620. The predicted octanol–water partition coefficient (Wildman–Crippen LogP) is 1.24. The molecule has 2 atom stereocenters. The summed E-state index contributed by atoms with van der Waals surface area (Å²) in [6, 6.07) is -0.577. The maximum absolute atomic E-state index is 12.1. The molecule has 8 heteroatoms. The number of β-lactam (4-membered cyclic amide) rings is 1. The summed E-state index contributed by atoms with van der Waals surface area (Å²) < 4.78 is 10.1. The van der Waals surface area contributed by atoms with Crippen molar-refractivity contribution in [3.8, 4) is 0 Å². The lowest BCUT2D eigenvalue weighted by Crippen LogP contribution is -2.70. The zero-order valence-corrected chi connectivity index (χ0v) is 13.9. The number of nitrogens with one attached hydrogen (secondary N) is 1. The Morgan fingerprint density at radius 1 is 1.45 bits per heavy atom. The summed E-state index contributed by atoms with van der Waals surface area (Å²) in [6.45, 7) is 7.23. The van der Waals surface area contributed by atoms with E-state index < -0.39 is 17.7 Å². The van der Waals surface area contributed by atoms with Crippen molar-refractivity contribution in [1.29, 1.82) is 0 Å². The van der Waals surface area contributed by atoms with Gasteiger partial charge in [0.05, 0.1) is 0 Å². The first-order chi connectivity index (χ1) is 10.2. The van der Waals surface area contributed by atoms with Crippen LogP contribution in [0.1, 0.15) is 27.7 Å². The van der Waals surface area contributed by atoms with E-state index in [9.17, 15) is 14.4 Å². The molecule has 7 nitrogen and oxygen atoms in total. The van der Waals surface area contributed by atoms with Crippen LogP contribution in [0.2, 0.25) is 0 Å². The van der Waals surface area contributed by atoms with Crippen LogP contribution in [0.4, 0.5) is 4.79 Å². The molecule has 1 N–H and O–H groups in total. The molecule has 2 heterocycles. The summed E-state index contributed by atoms with van der Waals surface area (Å²) in [5.74, 6) is -0.510. The highest BCUT2D eigenvalue weighted by Crippen LogP contribution is 2.36. The van der Waals surface area contributed by atoms with Crippen molar-refractivity contribution in [1.82, 2.24) is 10.2 Å². The van der Waals surface area contributed by atoms with Gasteiger partial charge in [0.1, 0.15) is 23.6 Å². The number of hydrogen-bond acceptors (Lipinski definition) is 6. The Morgan fingerprint density at radius 2 is 2.14 bits per heavy atom. The molecule has 0 aliphatic carbocycles. The van der Waals surface area contributed by atoms with Crippen LogP contribution in [0.5, 0.6) is 0 Å². The Bertz CT molecular complexity index is 526.